The van der Waals surface area contributed by atoms with Gasteiger partial charge in [-0.15, -0.1) is 0 Å². The topological polar surface area (TPSA) is 83.5 Å². The third kappa shape index (κ3) is 6.82. The Bertz CT molecular complexity index is 364. The molecule has 0 unspecified atom stereocenters. The molecule has 8 heteroatoms. The number of ether oxygens (including phenoxy) is 5. The Morgan fingerprint density at radius 3 is 1.83 bits per heavy atom. The minimum Gasteiger partial charge on any atom is -0.457 e. The van der Waals surface area contributed by atoms with Gasteiger partial charge in [0.1, 0.15) is 12.2 Å². The van der Waals surface area contributed by atoms with Gasteiger partial charge in [-0.1, -0.05) is 0 Å². The molecule has 0 heterocycles. The molecule has 0 aromatic heterocycles. The van der Waals surface area contributed by atoms with Gasteiger partial charge in [0.2, 0.25) is 5.91 Å². The fraction of sp³-hybridized carbons (Fsp3) is 0.867. The van der Waals surface area contributed by atoms with Crippen molar-refractivity contribution in [2.24, 2.45) is 0 Å². The molecule has 0 aliphatic rings. The fourth-order valence-electron chi connectivity index (χ4n) is 2.35. The summed E-state index contributed by atoms with van der Waals surface area (Å²) in [5.41, 5.74) is 0. The summed E-state index contributed by atoms with van der Waals surface area (Å²) in [7, 11) is 7.66. The highest BCUT2D eigenvalue weighted by atomic mass is 16.6. The van der Waals surface area contributed by atoms with E-state index in [4.69, 9.17) is 23.7 Å². The molecule has 0 aliphatic carbocycles. The Morgan fingerprint density at radius 2 is 1.48 bits per heavy atom. The number of hydrogen-bond donors (Lipinski definition) is 0. The maximum atomic E-state index is 11.7. The second-order valence-electron chi connectivity index (χ2n) is 5.16. The minimum atomic E-state index is -0.760. The molecule has 0 radical (unpaired) electrons. The van der Waals surface area contributed by atoms with Gasteiger partial charge in [0.15, 0.2) is 6.10 Å². The van der Waals surface area contributed by atoms with Crippen molar-refractivity contribution in [1.29, 1.82) is 0 Å². The van der Waals surface area contributed by atoms with Gasteiger partial charge in [-0.05, 0) is 0 Å². The van der Waals surface area contributed by atoms with Crippen LogP contribution < -0.4 is 0 Å². The molecule has 136 valence electrons. The molecule has 0 aliphatic heterocycles. The third-order valence-electron chi connectivity index (χ3n) is 3.61. The summed E-state index contributed by atoms with van der Waals surface area (Å²) >= 11 is 0. The summed E-state index contributed by atoms with van der Waals surface area (Å²) in [4.78, 5) is 24.7. The summed E-state index contributed by atoms with van der Waals surface area (Å²) in [5, 5.41) is 0. The van der Waals surface area contributed by atoms with E-state index in [9.17, 15) is 9.59 Å². The van der Waals surface area contributed by atoms with Gasteiger partial charge in [0, 0.05) is 49.3 Å². The molecule has 23 heavy (non-hydrogen) atoms. The molecule has 0 saturated carbocycles. The van der Waals surface area contributed by atoms with E-state index in [2.05, 4.69) is 0 Å². The van der Waals surface area contributed by atoms with Crippen molar-refractivity contribution in [3.8, 4) is 0 Å². The van der Waals surface area contributed by atoms with Crippen molar-refractivity contribution in [3.05, 3.63) is 0 Å². The first-order valence-electron chi connectivity index (χ1n) is 7.28. The molecule has 4 atom stereocenters. The summed E-state index contributed by atoms with van der Waals surface area (Å²) in [6, 6.07) is -0.457. The summed E-state index contributed by atoms with van der Waals surface area (Å²) in [6.45, 7) is 3.17. The van der Waals surface area contributed by atoms with Gasteiger partial charge in [-0.3, -0.25) is 9.59 Å². The molecule has 8 nitrogen and oxygen atoms in total. The first kappa shape index (κ1) is 21.8. The quantitative estimate of drug-likeness (QED) is 0.495. The molecular formula is C15H29NO7. The van der Waals surface area contributed by atoms with Crippen LogP contribution >= 0.6 is 0 Å². The van der Waals surface area contributed by atoms with Crippen molar-refractivity contribution < 1.29 is 33.3 Å². The molecule has 0 bridgehead atoms. The number of methoxy groups -OCH3 is 4. The Balaban J connectivity index is 5.59. The van der Waals surface area contributed by atoms with E-state index in [1.165, 1.54) is 47.2 Å². The monoisotopic (exact) mass is 335 g/mol. The van der Waals surface area contributed by atoms with Crippen LogP contribution in [0.25, 0.3) is 0 Å². The number of carbonyl (C=O) groups is 2. The maximum Gasteiger partial charge on any atom is 0.303 e. The zero-order valence-electron chi connectivity index (χ0n) is 15.0. The van der Waals surface area contributed by atoms with E-state index in [0.29, 0.717) is 0 Å². The van der Waals surface area contributed by atoms with E-state index >= 15 is 0 Å². The molecule has 0 rings (SSSR count). The number of rotatable bonds is 11. The Kier molecular flexibility index (Phi) is 10.7. The highest BCUT2D eigenvalue weighted by Crippen LogP contribution is 2.19. The highest BCUT2D eigenvalue weighted by molar-refractivity contribution is 5.73. The Hall–Kier alpha value is -1.22. The number of likely N-dealkylation sites (N-methyl/N-ethyl adjacent to an activating group) is 1. The van der Waals surface area contributed by atoms with Gasteiger partial charge >= 0.3 is 5.97 Å². The second kappa shape index (κ2) is 11.3. The highest BCUT2D eigenvalue weighted by Gasteiger charge is 2.40. The largest absolute Gasteiger partial charge is 0.457 e. The molecule has 0 aromatic carbocycles. The van der Waals surface area contributed by atoms with Crippen LogP contribution in [0.1, 0.15) is 13.8 Å². The predicted molar refractivity (Wildman–Crippen MR) is 83.1 cm³/mol. The van der Waals surface area contributed by atoms with Gasteiger partial charge in [0.25, 0.3) is 0 Å². The van der Waals surface area contributed by atoms with E-state index in [1.54, 1.807) is 7.05 Å². The van der Waals surface area contributed by atoms with Crippen LogP contribution in [0.4, 0.5) is 0 Å². The standard InChI is InChI=1S/C15H29NO7/c1-10(17)16(3)12(8-19-4)14(22-7)15(23-11(2)18)13(21-6)9-20-5/h12-15H,8-9H2,1-7H3/t12-,13-,14+,15-/m0/s1. The normalized spacial score (nSPS) is 16.3. The van der Waals surface area contributed by atoms with Crippen LogP contribution in [-0.2, 0) is 33.3 Å². The number of hydrogen-bond acceptors (Lipinski definition) is 7. The number of carbonyl (C=O) groups excluding carboxylic acids is 2. The lowest BCUT2D eigenvalue weighted by Crippen LogP contribution is -2.57. The number of esters is 1. The molecule has 0 N–H and O–H groups in total. The van der Waals surface area contributed by atoms with Gasteiger partial charge in [-0.2, -0.15) is 0 Å². The lowest BCUT2D eigenvalue weighted by atomic mass is 9.99. The van der Waals surface area contributed by atoms with Gasteiger partial charge in [0.05, 0.1) is 19.3 Å². The van der Waals surface area contributed by atoms with Crippen LogP contribution in [0.5, 0.6) is 0 Å². The van der Waals surface area contributed by atoms with Gasteiger partial charge < -0.3 is 28.6 Å². The average molecular weight is 335 g/mol. The Morgan fingerprint density at radius 1 is 0.913 bits per heavy atom. The summed E-state index contributed by atoms with van der Waals surface area (Å²) in [6.07, 6.45) is -1.95. The SMILES string of the molecule is COC[C@H](OC)[C@H](OC(C)=O)[C@H](OC)[C@H](COC)N(C)C(C)=O. The first-order chi connectivity index (χ1) is 10.8. The zero-order chi connectivity index (χ0) is 18.0. The molecule has 0 saturated heterocycles. The summed E-state index contributed by atoms with van der Waals surface area (Å²) < 4.78 is 26.6. The lowest BCUT2D eigenvalue weighted by Gasteiger charge is -2.38. The summed E-state index contributed by atoms with van der Waals surface area (Å²) in [5.74, 6) is -0.631. The predicted octanol–water partition coefficient (Wildman–Crippen LogP) is 0.0878. The van der Waals surface area contributed by atoms with Crippen LogP contribution in [0.3, 0.4) is 0 Å². The van der Waals surface area contributed by atoms with E-state index < -0.39 is 30.3 Å². The average Bonchev–Trinajstić information content (AvgIpc) is 2.50. The smallest absolute Gasteiger partial charge is 0.303 e. The van der Waals surface area contributed by atoms with Crippen molar-refractivity contribution >= 4 is 11.9 Å². The van der Waals surface area contributed by atoms with Crippen LogP contribution in [0.2, 0.25) is 0 Å². The van der Waals surface area contributed by atoms with Crippen molar-refractivity contribution in [2.45, 2.75) is 38.2 Å². The van der Waals surface area contributed by atoms with Crippen molar-refractivity contribution in [3.63, 3.8) is 0 Å². The molecule has 0 aromatic rings. The van der Waals surface area contributed by atoms with E-state index in [1.807, 2.05) is 0 Å². The van der Waals surface area contributed by atoms with Gasteiger partial charge in [-0.25, -0.2) is 0 Å². The fourth-order valence-corrected chi connectivity index (χ4v) is 2.35. The number of amides is 1. The van der Waals surface area contributed by atoms with Crippen LogP contribution in [-0.4, -0.2) is 89.8 Å². The van der Waals surface area contributed by atoms with Crippen LogP contribution in [0.15, 0.2) is 0 Å². The minimum absolute atomic E-state index is 0.156. The molecule has 0 spiro atoms. The van der Waals surface area contributed by atoms with Crippen molar-refractivity contribution in [2.75, 3.05) is 48.7 Å². The van der Waals surface area contributed by atoms with E-state index in [-0.39, 0.29) is 19.1 Å². The van der Waals surface area contributed by atoms with E-state index in [0.717, 1.165) is 0 Å². The van der Waals surface area contributed by atoms with Crippen molar-refractivity contribution in [1.82, 2.24) is 4.90 Å². The Labute approximate surface area is 137 Å². The lowest BCUT2D eigenvalue weighted by molar-refractivity contribution is -0.180. The molecule has 0 fully saturated rings. The zero-order valence-corrected chi connectivity index (χ0v) is 15.0. The first-order valence-corrected chi connectivity index (χ1v) is 7.28. The maximum absolute atomic E-state index is 11.7. The molecule has 1 amide bonds. The number of nitrogens with zero attached hydrogens (tertiary/aromatic N) is 1. The van der Waals surface area contributed by atoms with Crippen LogP contribution in [0, 0.1) is 0 Å². The second-order valence-corrected chi connectivity index (χ2v) is 5.16. The molecular weight excluding hydrogens is 306 g/mol. The third-order valence-corrected chi connectivity index (χ3v) is 3.61.